The van der Waals surface area contributed by atoms with Crippen molar-refractivity contribution in [3.05, 3.63) is 48.5 Å². The van der Waals surface area contributed by atoms with E-state index < -0.39 is 9.84 Å². The van der Waals surface area contributed by atoms with Crippen molar-refractivity contribution in [1.82, 2.24) is 0 Å². The van der Waals surface area contributed by atoms with Crippen LogP contribution in [0, 0.1) is 35.5 Å². The van der Waals surface area contributed by atoms with Crippen molar-refractivity contribution in [2.24, 2.45) is 35.5 Å². The summed E-state index contributed by atoms with van der Waals surface area (Å²) in [5.74, 6) is 3.91. The van der Waals surface area contributed by atoms with Crippen molar-refractivity contribution in [2.75, 3.05) is 0 Å². The summed E-state index contributed by atoms with van der Waals surface area (Å²) < 4.78 is 37.2. The molecule has 0 saturated heterocycles. The van der Waals surface area contributed by atoms with Crippen LogP contribution in [0.5, 0.6) is 11.5 Å². The van der Waals surface area contributed by atoms with Gasteiger partial charge in [0.1, 0.15) is 11.5 Å². The van der Waals surface area contributed by atoms with Crippen LogP contribution in [0.4, 0.5) is 0 Å². The number of carbonyl (C=O) groups excluding carboxylic acids is 2. The number of carbonyl (C=O) groups is 2. The molecule has 6 atom stereocenters. The van der Waals surface area contributed by atoms with Gasteiger partial charge in [0.2, 0.25) is 9.84 Å². The molecule has 37 heavy (non-hydrogen) atoms. The average molecular weight is 523 g/mol. The molecule has 0 heterocycles. The van der Waals surface area contributed by atoms with Gasteiger partial charge in [0.15, 0.2) is 0 Å². The molecule has 0 N–H and O–H groups in total. The molecule has 0 aliphatic heterocycles. The van der Waals surface area contributed by atoms with Crippen molar-refractivity contribution in [3.63, 3.8) is 0 Å². The fourth-order valence-corrected chi connectivity index (χ4v) is 8.80. The SMILES string of the molecule is O=C(C[C@@H]1C[C@H]2CC[C@@H]1C2)Oc1ccc(S(=O)(=O)c2ccc(OC(=O)C[C@@H]3C[C@@H]4CC[C@H]3C4)cc2)cc1. The maximum Gasteiger partial charge on any atom is 0.311 e. The van der Waals surface area contributed by atoms with E-state index in [1.165, 1.54) is 87.1 Å². The molecular weight excluding hydrogens is 488 g/mol. The van der Waals surface area contributed by atoms with Crippen LogP contribution in [0.3, 0.4) is 0 Å². The van der Waals surface area contributed by atoms with Gasteiger partial charge in [-0.2, -0.15) is 0 Å². The Hall–Kier alpha value is -2.67. The Kier molecular flexibility index (Phi) is 6.59. The zero-order valence-electron chi connectivity index (χ0n) is 21.0. The maximum absolute atomic E-state index is 13.1. The number of esters is 2. The summed E-state index contributed by atoms with van der Waals surface area (Å²) in [4.78, 5) is 25.0. The van der Waals surface area contributed by atoms with Crippen LogP contribution in [0.2, 0.25) is 0 Å². The average Bonchev–Trinajstić information content (AvgIpc) is 3.67. The highest BCUT2D eigenvalue weighted by Gasteiger charge is 2.41. The minimum atomic E-state index is -3.76. The van der Waals surface area contributed by atoms with Crippen molar-refractivity contribution >= 4 is 21.8 Å². The summed E-state index contributed by atoms with van der Waals surface area (Å²) in [6, 6.07) is 11.9. The van der Waals surface area contributed by atoms with Gasteiger partial charge < -0.3 is 9.47 Å². The number of hydrogen-bond donors (Lipinski definition) is 0. The summed E-state index contributed by atoms with van der Waals surface area (Å²) in [6.45, 7) is 0. The van der Waals surface area contributed by atoms with E-state index in [0.717, 1.165) is 24.7 Å². The first-order valence-electron chi connectivity index (χ1n) is 13.7. The van der Waals surface area contributed by atoms with Gasteiger partial charge in [-0.3, -0.25) is 9.59 Å². The first-order valence-corrected chi connectivity index (χ1v) is 15.2. The number of hydrogen-bond acceptors (Lipinski definition) is 6. The van der Waals surface area contributed by atoms with E-state index in [9.17, 15) is 18.0 Å². The fraction of sp³-hybridized carbons (Fsp3) is 0.533. The molecule has 0 spiro atoms. The first-order chi connectivity index (χ1) is 17.8. The van der Waals surface area contributed by atoms with Crippen molar-refractivity contribution in [1.29, 1.82) is 0 Å². The molecule has 6 nitrogen and oxygen atoms in total. The third-order valence-corrected chi connectivity index (χ3v) is 11.1. The maximum atomic E-state index is 13.1. The molecule has 0 unspecified atom stereocenters. The van der Waals surface area contributed by atoms with Crippen molar-refractivity contribution in [2.45, 2.75) is 74.0 Å². The highest BCUT2D eigenvalue weighted by atomic mass is 32.2. The zero-order valence-corrected chi connectivity index (χ0v) is 21.8. The summed E-state index contributed by atoms with van der Waals surface area (Å²) in [6.07, 6.45) is 10.6. The fourth-order valence-electron chi connectivity index (χ4n) is 7.54. The predicted octanol–water partition coefficient (Wildman–Crippen LogP) is 5.98. The Bertz CT molecular complexity index is 1170. The molecule has 0 radical (unpaired) electrons. The Morgan fingerprint density at radius 3 is 1.35 bits per heavy atom. The molecule has 0 amide bonds. The van der Waals surface area contributed by atoms with E-state index in [2.05, 4.69) is 0 Å². The van der Waals surface area contributed by atoms with E-state index in [1.807, 2.05) is 0 Å². The molecular formula is C30H34O6S. The number of benzene rings is 2. The molecule has 0 aromatic heterocycles. The quantitative estimate of drug-likeness (QED) is 0.313. The highest BCUT2D eigenvalue weighted by Crippen LogP contribution is 2.50. The van der Waals surface area contributed by atoms with Crippen LogP contribution in [-0.2, 0) is 19.4 Å². The van der Waals surface area contributed by atoms with E-state index in [-0.39, 0.29) is 21.7 Å². The lowest BCUT2D eigenvalue weighted by Gasteiger charge is -2.20. The lowest BCUT2D eigenvalue weighted by molar-refractivity contribution is -0.136. The topological polar surface area (TPSA) is 86.7 Å². The molecule has 7 heteroatoms. The van der Waals surface area contributed by atoms with Crippen molar-refractivity contribution in [3.8, 4) is 11.5 Å². The summed E-state index contributed by atoms with van der Waals surface area (Å²) in [5, 5.41) is 0. The molecule has 196 valence electrons. The molecule has 6 rings (SSSR count). The summed E-state index contributed by atoms with van der Waals surface area (Å²) >= 11 is 0. The van der Waals surface area contributed by atoms with Gasteiger partial charge in [-0.05, 0) is 123 Å². The van der Waals surface area contributed by atoms with Gasteiger partial charge in [0.05, 0.1) is 9.79 Å². The number of sulfone groups is 1. The van der Waals surface area contributed by atoms with Crippen LogP contribution in [-0.4, -0.2) is 20.4 Å². The minimum absolute atomic E-state index is 0.112. The Morgan fingerprint density at radius 2 is 1.03 bits per heavy atom. The third-order valence-electron chi connectivity index (χ3n) is 9.36. The normalized spacial score (nSPS) is 29.9. The summed E-state index contributed by atoms with van der Waals surface area (Å²) in [7, 11) is -3.76. The van der Waals surface area contributed by atoms with Gasteiger partial charge in [-0.1, -0.05) is 12.8 Å². The molecule has 4 saturated carbocycles. The number of ether oxygens (including phenoxy) is 2. The Labute approximate surface area is 218 Å². The van der Waals surface area contributed by atoms with Crippen LogP contribution in [0.1, 0.15) is 64.2 Å². The van der Waals surface area contributed by atoms with E-state index in [0.29, 0.717) is 48.0 Å². The van der Waals surface area contributed by atoms with Crippen LogP contribution in [0.15, 0.2) is 58.3 Å². The Morgan fingerprint density at radius 1 is 0.622 bits per heavy atom. The van der Waals surface area contributed by atoms with Gasteiger partial charge in [-0.25, -0.2) is 8.42 Å². The minimum Gasteiger partial charge on any atom is -0.427 e. The van der Waals surface area contributed by atoms with Crippen LogP contribution < -0.4 is 9.47 Å². The lowest BCUT2D eigenvalue weighted by Crippen LogP contribution is -2.18. The van der Waals surface area contributed by atoms with Gasteiger partial charge in [0, 0.05) is 12.8 Å². The smallest absolute Gasteiger partial charge is 0.311 e. The van der Waals surface area contributed by atoms with E-state index in [1.54, 1.807) is 0 Å². The second-order valence-electron chi connectivity index (χ2n) is 11.7. The first kappa shape index (κ1) is 24.7. The predicted molar refractivity (Wildman–Crippen MR) is 137 cm³/mol. The molecule has 2 aromatic rings. The zero-order chi connectivity index (χ0) is 25.6. The Balaban J connectivity index is 1.03. The molecule has 4 aliphatic rings. The largest absolute Gasteiger partial charge is 0.427 e. The lowest BCUT2D eigenvalue weighted by atomic mass is 9.86. The molecule has 4 bridgehead atoms. The second kappa shape index (κ2) is 9.90. The van der Waals surface area contributed by atoms with Gasteiger partial charge in [-0.15, -0.1) is 0 Å². The van der Waals surface area contributed by atoms with Crippen molar-refractivity contribution < 1.29 is 27.5 Å². The molecule has 4 aliphatic carbocycles. The van der Waals surface area contributed by atoms with Crippen LogP contribution in [0.25, 0.3) is 0 Å². The van der Waals surface area contributed by atoms with Crippen LogP contribution >= 0.6 is 0 Å². The number of rotatable bonds is 8. The second-order valence-corrected chi connectivity index (χ2v) is 13.6. The van der Waals surface area contributed by atoms with Gasteiger partial charge in [0.25, 0.3) is 0 Å². The monoisotopic (exact) mass is 522 g/mol. The van der Waals surface area contributed by atoms with E-state index >= 15 is 0 Å². The van der Waals surface area contributed by atoms with Gasteiger partial charge >= 0.3 is 11.9 Å². The number of fused-ring (bicyclic) bond motifs is 4. The highest BCUT2D eigenvalue weighted by molar-refractivity contribution is 7.91. The van der Waals surface area contributed by atoms with E-state index in [4.69, 9.17) is 9.47 Å². The summed E-state index contributed by atoms with van der Waals surface area (Å²) in [5.41, 5.74) is 0. The standard InChI is InChI=1S/C30H34O6S/c31-29(17-23-15-19-1-3-21(23)13-19)35-25-5-9-27(10-6-25)37(33,34)28-11-7-26(8-12-28)36-30(32)18-24-16-20-2-4-22(24)14-20/h5-12,19-24H,1-4,13-18H2/t19-,20+,21+,22-,23-,24-/m0/s1. The molecule has 4 fully saturated rings. The third kappa shape index (κ3) is 5.20. The molecule has 2 aromatic carbocycles.